The minimum absolute atomic E-state index is 0.0423. The molecule has 10 heteroatoms. The minimum atomic E-state index is -0.821. The molecule has 5 fully saturated rings. The molecule has 1 aromatic carbocycles. The van der Waals surface area contributed by atoms with E-state index in [-0.39, 0.29) is 62.3 Å². The van der Waals surface area contributed by atoms with E-state index in [9.17, 15) is 24.6 Å². The third kappa shape index (κ3) is 6.73. The summed E-state index contributed by atoms with van der Waals surface area (Å²) >= 11 is 0. The Hall–Kier alpha value is -3.24. The zero-order valence-electron chi connectivity index (χ0n) is 40.7. The maximum atomic E-state index is 13.9. The van der Waals surface area contributed by atoms with Crippen LogP contribution in [-0.2, 0) is 14.3 Å². The van der Waals surface area contributed by atoms with E-state index >= 15 is 0 Å². The molecule has 5 N–H and O–H groups in total. The van der Waals surface area contributed by atoms with Crippen molar-refractivity contribution >= 4 is 28.9 Å². The lowest BCUT2D eigenvalue weighted by molar-refractivity contribution is -0.277. The quantitative estimate of drug-likeness (QED) is 0.0803. The van der Waals surface area contributed by atoms with Gasteiger partial charge in [-0.2, -0.15) is 0 Å². The molecule has 10 nitrogen and oxygen atoms in total. The number of aliphatic carboxylic acids is 1. The van der Waals surface area contributed by atoms with Crippen LogP contribution in [0.25, 0.3) is 11.0 Å². The van der Waals surface area contributed by atoms with E-state index in [4.69, 9.17) is 4.74 Å². The number of hydrogen-bond donors (Lipinski definition) is 5. The fraction of sp³-hybridized carbons (Fsp3) is 0.774. The van der Waals surface area contributed by atoms with E-state index in [2.05, 4.69) is 89.8 Å². The highest BCUT2D eigenvalue weighted by Gasteiger charge is 2.74. The highest BCUT2D eigenvalue weighted by Crippen LogP contribution is 2.80. The first-order chi connectivity index (χ1) is 29.3. The average Bonchev–Trinajstić information content (AvgIpc) is 3.78. The van der Waals surface area contributed by atoms with Crippen molar-refractivity contribution in [3.05, 3.63) is 41.2 Å². The van der Waals surface area contributed by atoms with Gasteiger partial charge >= 0.3 is 11.9 Å². The van der Waals surface area contributed by atoms with Crippen molar-refractivity contribution in [2.45, 2.75) is 178 Å². The van der Waals surface area contributed by atoms with Gasteiger partial charge in [-0.3, -0.25) is 14.4 Å². The highest BCUT2D eigenvalue weighted by atomic mass is 16.5. The monoisotopic (exact) mass is 869 g/mol. The molecule has 8 rings (SSSR count). The number of esters is 1. The van der Waals surface area contributed by atoms with E-state index in [1.807, 2.05) is 38.1 Å². The van der Waals surface area contributed by atoms with Crippen LogP contribution in [0.3, 0.4) is 0 Å². The van der Waals surface area contributed by atoms with Crippen LogP contribution in [0, 0.1) is 67.5 Å². The van der Waals surface area contributed by atoms with Gasteiger partial charge in [0, 0.05) is 17.5 Å². The first-order valence-corrected chi connectivity index (χ1v) is 24.7. The van der Waals surface area contributed by atoms with Gasteiger partial charge in [0.15, 0.2) is 5.82 Å². The maximum Gasteiger partial charge on any atom is 0.309 e. The van der Waals surface area contributed by atoms with Crippen LogP contribution in [0.1, 0.15) is 171 Å². The summed E-state index contributed by atoms with van der Waals surface area (Å²) in [6, 6.07) is 7.69. The second kappa shape index (κ2) is 15.4. The first-order valence-electron chi connectivity index (χ1n) is 24.7. The number of fused-ring (bicyclic) bond motifs is 8. The number of aromatic amines is 1. The number of H-pyrrole nitrogens is 1. The third-order valence-corrected chi connectivity index (χ3v) is 20.8. The van der Waals surface area contributed by atoms with Gasteiger partial charge in [0.2, 0.25) is 0 Å². The summed E-state index contributed by atoms with van der Waals surface area (Å²) < 4.78 is 6.61. The number of aromatic nitrogens is 2. The summed E-state index contributed by atoms with van der Waals surface area (Å²) in [7, 11) is 0. The first kappa shape index (κ1) is 46.3. The van der Waals surface area contributed by atoms with Crippen molar-refractivity contribution in [2.75, 3.05) is 13.1 Å². The lowest BCUT2D eigenvalue weighted by Gasteiger charge is -2.75. The summed E-state index contributed by atoms with van der Waals surface area (Å²) in [4.78, 5) is 46.8. The Bertz CT molecular complexity index is 2140. The van der Waals surface area contributed by atoms with Crippen LogP contribution in [0.5, 0.6) is 0 Å². The minimum Gasteiger partial charge on any atom is -0.481 e. The van der Waals surface area contributed by atoms with Gasteiger partial charge in [-0.1, -0.05) is 86.9 Å². The number of aliphatic hydroxyl groups is 1. The molecule has 348 valence electrons. The van der Waals surface area contributed by atoms with E-state index in [0.29, 0.717) is 30.6 Å². The molecule has 6 aliphatic carbocycles. The van der Waals surface area contributed by atoms with Crippen molar-refractivity contribution in [1.29, 1.82) is 0 Å². The molecule has 0 aliphatic heterocycles. The smallest absolute Gasteiger partial charge is 0.309 e. The lowest BCUT2D eigenvalue weighted by atomic mass is 9.29. The van der Waals surface area contributed by atoms with Gasteiger partial charge in [0.05, 0.1) is 29.0 Å². The highest BCUT2D eigenvalue weighted by molar-refractivity contribution is 5.94. The maximum absolute atomic E-state index is 13.9. The van der Waals surface area contributed by atoms with E-state index in [1.54, 1.807) is 5.57 Å². The standard InChI is InChI=1S/C53H80N4O6/c1-13-48(8)39(63-45(62)34-28-33(44(60)61)47(34,6)7)20-21-51(11)38-19-18-32-41-40(31(2)3)37(58)29-53(41,25-23-49(32,9)50(38,10)22-24-52(48,51)12)26-27-54-30-46(4,5)57-43(59)42-55-35-16-14-15-17-36(35)56-42/h14-17,31-34,37-39,54,58H,13,18-30H2,1-12H3,(H,55,56)(H,57,59)(H,60,61)/t32-,33+,34-,37?,38+,39+,48-,49-,50-,51-,52+,53?/m1/s1. The van der Waals surface area contributed by atoms with Crippen molar-refractivity contribution in [3.63, 3.8) is 0 Å². The number of carbonyl (C=O) groups excluding carboxylic acids is 2. The molecule has 1 aromatic heterocycles. The second-order valence-corrected chi connectivity index (χ2v) is 24.4. The number of rotatable bonds is 12. The normalized spacial score (nSPS) is 40.7. The number of carbonyl (C=O) groups is 3. The number of carboxylic acids is 1. The Morgan fingerprint density at radius 3 is 2.27 bits per heavy atom. The zero-order valence-corrected chi connectivity index (χ0v) is 40.7. The number of ether oxygens (including phenoxy) is 1. The number of imidazole rings is 1. The van der Waals surface area contributed by atoms with Gasteiger partial charge < -0.3 is 30.6 Å². The molecule has 0 radical (unpaired) electrons. The molecular weight excluding hydrogens is 789 g/mol. The SMILES string of the molecule is CC[C@]1(C)[C@@H](OC(=O)[C@H]2C[C@@H](C(=O)O)C2(C)C)CC[C@]2(C)[C@H]3CC[C@@H]4C5=C(C(C)C)C(O)CC5(CCNCC(C)(C)NC(=O)c5nc6ccccc6[nH]5)CC[C@@]4(C)[C@]3(C)CC[C@@]12C. The Morgan fingerprint density at radius 2 is 1.62 bits per heavy atom. The summed E-state index contributed by atoms with van der Waals surface area (Å²) in [6.07, 6.45) is 11.1. The largest absolute Gasteiger partial charge is 0.481 e. The van der Waals surface area contributed by atoms with Crippen LogP contribution in [-0.4, -0.2) is 68.9 Å². The van der Waals surface area contributed by atoms with Crippen molar-refractivity contribution in [2.24, 2.45) is 67.5 Å². The molecule has 2 aromatic rings. The Balaban J connectivity index is 0.993. The van der Waals surface area contributed by atoms with Crippen LogP contribution >= 0.6 is 0 Å². The van der Waals surface area contributed by atoms with Crippen LogP contribution in [0.15, 0.2) is 35.4 Å². The Kier molecular flexibility index (Phi) is 11.3. The molecule has 12 atom stereocenters. The van der Waals surface area contributed by atoms with Crippen molar-refractivity contribution in [3.8, 4) is 0 Å². The van der Waals surface area contributed by atoms with Crippen molar-refractivity contribution < 1.29 is 29.3 Å². The fourth-order valence-electron chi connectivity index (χ4n) is 16.3. The third-order valence-electron chi connectivity index (χ3n) is 20.8. The van der Waals surface area contributed by atoms with E-state index < -0.39 is 28.9 Å². The number of benzene rings is 1. The molecule has 6 aliphatic rings. The number of carboxylic acid groups (broad SMARTS) is 1. The molecule has 2 unspecified atom stereocenters. The molecule has 0 bridgehead atoms. The summed E-state index contributed by atoms with van der Waals surface area (Å²) in [6.45, 7) is 29.0. The van der Waals surface area contributed by atoms with Gasteiger partial charge in [0.1, 0.15) is 6.10 Å². The summed E-state index contributed by atoms with van der Waals surface area (Å²) in [5.74, 6) is -0.583. The summed E-state index contributed by atoms with van der Waals surface area (Å²) in [5, 5.41) is 28.7. The number of nitrogens with one attached hydrogen (secondary N) is 3. The molecule has 0 spiro atoms. The summed E-state index contributed by atoms with van der Waals surface area (Å²) in [5.41, 5.74) is 3.37. The number of para-hydroxylation sites is 2. The molecule has 1 heterocycles. The molecule has 1 amide bonds. The molecule has 5 saturated carbocycles. The van der Waals surface area contributed by atoms with Crippen molar-refractivity contribution in [1.82, 2.24) is 20.6 Å². The predicted octanol–water partition coefficient (Wildman–Crippen LogP) is 10.3. The van der Waals surface area contributed by atoms with Gasteiger partial charge in [-0.15, -0.1) is 0 Å². The average molecular weight is 869 g/mol. The topological polar surface area (TPSA) is 154 Å². The molecule has 0 saturated heterocycles. The number of allylic oxidation sites excluding steroid dienone is 1. The predicted molar refractivity (Wildman–Crippen MR) is 248 cm³/mol. The Labute approximate surface area is 377 Å². The fourth-order valence-corrected chi connectivity index (χ4v) is 16.3. The van der Waals surface area contributed by atoms with E-state index in [1.165, 1.54) is 12.0 Å². The number of hydrogen-bond acceptors (Lipinski definition) is 7. The van der Waals surface area contributed by atoms with Gasteiger partial charge in [-0.05, 0) is 165 Å². The van der Waals surface area contributed by atoms with Crippen LogP contribution in [0.4, 0.5) is 0 Å². The van der Waals surface area contributed by atoms with Gasteiger partial charge in [0.25, 0.3) is 5.91 Å². The zero-order chi connectivity index (χ0) is 45.9. The lowest BCUT2D eigenvalue weighted by Crippen LogP contribution is -2.70. The molecular formula is C53H80N4O6. The second-order valence-electron chi connectivity index (χ2n) is 24.4. The van der Waals surface area contributed by atoms with Crippen LogP contribution < -0.4 is 10.6 Å². The number of amides is 1. The molecule has 63 heavy (non-hydrogen) atoms. The van der Waals surface area contributed by atoms with Crippen LogP contribution in [0.2, 0.25) is 0 Å². The number of aliphatic hydroxyl groups excluding tert-OH is 1. The Morgan fingerprint density at radius 1 is 0.921 bits per heavy atom. The number of nitrogens with zero attached hydrogens (tertiary/aromatic N) is 1. The van der Waals surface area contributed by atoms with E-state index in [0.717, 1.165) is 81.8 Å². The van der Waals surface area contributed by atoms with Gasteiger partial charge in [-0.25, -0.2) is 4.98 Å².